The van der Waals surface area contributed by atoms with Crippen molar-refractivity contribution in [2.24, 2.45) is 0 Å². The fraction of sp³-hybridized carbons (Fsp3) is 0.0169. The highest BCUT2D eigenvalue weighted by molar-refractivity contribution is 6.17. The Morgan fingerprint density at radius 1 is 0.371 bits per heavy atom. The lowest BCUT2D eigenvalue weighted by atomic mass is 9.67. The summed E-state index contributed by atoms with van der Waals surface area (Å²) < 4.78 is 20.8. The lowest BCUT2D eigenvalue weighted by Gasteiger charge is -2.34. The molecule has 0 amide bonds. The molecule has 12 rings (SSSR count). The Balaban J connectivity index is 1.03. The summed E-state index contributed by atoms with van der Waals surface area (Å²) in [6, 6.07) is 80.9. The summed E-state index contributed by atoms with van der Waals surface area (Å²) in [7, 11) is 0. The number of rotatable bonds is 7. The normalized spacial score (nSPS) is 12.7. The van der Waals surface area contributed by atoms with Crippen LogP contribution in [0.2, 0.25) is 0 Å². The third kappa shape index (κ3) is 5.48. The van der Waals surface area contributed by atoms with Gasteiger partial charge in [0.1, 0.15) is 11.4 Å². The molecule has 0 bridgehead atoms. The van der Waals surface area contributed by atoms with Crippen molar-refractivity contribution < 1.29 is 8.81 Å². The van der Waals surface area contributed by atoms with Crippen molar-refractivity contribution >= 4 is 49.8 Å². The van der Waals surface area contributed by atoms with Crippen LogP contribution in [0.4, 0.5) is 21.5 Å². The summed E-state index contributed by atoms with van der Waals surface area (Å²) in [5, 5.41) is 4.38. The molecule has 10 aromatic carbocycles. The van der Waals surface area contributed by atoms with E-state index < -0.39 is 5.41 Å². The first kappa shape index (κ1) is 35.9. The van der Waals surface area contributed by atoms with Gasteiger partial charge in [0.15, 0.2) is 5.58 Å². The molecule has 0 aliphatic heterocycles. The number of anilines is 3. The van der Waals surface area contributed by atoms with Crippen molar-refractivity contribution in [3.8, 4) is 33.4 Å². The predicted molar refractivity (Wildman–Crippen MR) is 254 cm³/mol. The van der Waals surface area contributed by atoms with E-state index in [9.17, 15) is 4.39 Å². The second kappa shape index (κ2) is 14.3. The zero-order valence-corrected chi connectivity index (χ0v) is 33.7. The summed E-state index contributed by atoms with van der Waals surface area (Å²) in [6.07, 6.45) is 0. The van der Waals surface area contributed by atoms with Crippen LogP contribution in [0.15, 0.2) is 235 Å². The summed E-state index contributed by atoms with van der Waals surface area (Å²) in [5.74, 6) is -0.247. The predicted octanol–water partition coefficient (Wildman–Crippen LogP) is 16.0. The minimum absolute atomic E-state index is 0.247. The molecular formula is C59H38FNO. The Labute approximate surface area is 359 Å². The Hall–Kier alpha value is -8.01. The molecule has 1 aliphatic rings. The molecule has 0 saturated carbocycles. The largest absolute Gasteiger partial charge is 0.453 e. The molecule has 1 aromatic heterocycles. The molecule has 0 spiro atoms. The fourth-order valence-electron chi connectivity index (χ4n) is 10.1. The monoisotopic (exact) mass is 795 g/mol. The minimum Gasteiger partial charge on any atom is -0.453 e. The van der Waals surface area contributed by atoms with Crippen LogP contribution in [0.25, 0.3) is 66.1 Å². The van der Waals surface area contributed by atoms with Crippen LogP contribution in [-0.4, -0.2) is 0 Å². The number of para-hydroxylation sites is 1. The molecule has 3 heteroatoms. The number of benzene rings is 10. The Morgan fingerprint density at radius 2 is 0.903 bits per heavy atom. The van der Waals surface area contributed by atoms with Crippen molar-refractivity contribution in [1.29, 1.82) is 0 Å². The van der Waals surface area contributed by atoms with Crippen LogP contribution in [0.5, 0.6) is 0 Å². The lowest BCUT2D eigenvalue weighted by Crippen LogP contribution is -2.28. The van der Waals surface area contributed by atoms with E-state index in [4.69, 9.17) is 4.42 Å². The van der Waals surface area contributed by atoms with Gasteiger partial charge in [-0.2, -0.15) is 0 Å². The Morgan fingerprint density at radius 3 is 1.61 bits per heavy atom. The van der Waals surface area contributed by atoms with E-state index in [0.29, 0.717) is 0 Å². The average molecular weight is 796 g/mol. The number of nitrogens with zero attached hydrogens (tertiary/aromatic N) is 1. The number of hydrogen-bond acceptors (Lipinski definition) is 2. The van der Waals surface area contributed by atoms with Crippen molar-refractivity contribution in [2.75, 3.05) is 4.90 Å². The van der Waals surface area contributed by atoms with Crippen LogP contribution in [-0.2, 0) is 5.41 Å². The summed E-state index contributed by atoms with van der Waals surface area (Å²) >= 11 is 0. The maximum Gasteiger partial charge on any atom is 0.159 e. The first-order valence-electron chi connectivity index (χ1n) is 21.1. The molecule has 1 aliphatic carbocycles. The summed E-state index contributed by atoms with van der Waals surface area (Å²) in [4.78, 5) is 2.28. The topological polar surface area (TPSA) is 16.4 Å². The molecule has 0 N–H and O–H groups in total. The quantitative estimate of drug-likeness (QED) is 0.160. The van der Waals surface area contributed by atoms with Crippen molar-refractivity contribution in [2.45, 2.75) is 5.41 Å². The molecule has 2 nitrogen and oxygen atoms in total. The lowest BCUT2D eigenvalue weighted by molar-refractivity contribution is 0.628. The molecule has 292 valence electrons. The number of hydrogen-bond donors (Lipinski definition) is 0. The highest BCUT2D eigenvalue weighted by atomic mass is 19.1. The van der Waals surface area contributed by atoms with Gasteiger partial charge in [-0.25, -0.2) is 4.39 Å². The summed E-state index contributed by atoms with van der Waals surface area (Å²) in [6.45, 7) is 0. The van der Waals surface area contributed by atoms with E-state index in [1.807, 2.05) is 12.1 Å². The zero-order valence-electron chi connectivity index (χ0n) is 33.7. The molecule has 0 fully saturated rings. The van der Waals surface area contributed by atoms with Gasteiger partial charge in [-0.1, -0.05) is 182 Å². The van der Waals surface area contributed by atoms with Gasteiger partial charge >= 0.3 is 0 Å². The standard InChI is InChI=1S/C59H38FNO/c60-45-32-25-39(26-33-45)40-27-34-46(35-28-40)61(55-24-12-21-50-51-38-31-41-13-7-8-18-49(41)57(51)62-58(50)55)47-36-29-42(30-37-47)48-20-11-23-54-56(48)52-19-9-10-22-53(52)59(54,43-14-3-1-4-15-43)44-16-5-2-6-17-44/h1-38H. The summed E-state index contributed by atoms with van der Waals surface area (Å²) in [5.41, 5.74) is 16.0. The highest BCUT2D eigenvalue weighted by Crippen LogP contribution is 2.58. The van der Waals surface area contributed by atoms with E-state index in [0.717, 1.165) is 66.5 Å². The Bertz CT molecular complexity index is 3410. The van der Waals surface area contributed by atoms with E-state index in [1.54, 1.807) is 0 Å². The van der Waals surface area contributed by atoms with Gasteiger partial charge < -0.3 is 9.32 Å². The third-order valence-corrected chi connectivity index (χ3v) is 12.8. The average Bonchev–Trinajstić information content (AvgIpc) is 3.88. The molecule has 0 saturated heterocycles. The second-order valence-electron chi connectivity index (χ2n) is 16.1. The molecule has 62 heavy (non-hydrogen) atoms. The maximum atomic E-state index is 13.9. The van der Waals surface area contributed by atoms with Gasteiger partial charge in [-0.15, -0.1) is 0 Å². The number of furan rings is 1. The molecule has 1 heterocycles. The van der Waals surface area contributed by atoms with E-state index in [-0.39, 0.29) is 5.82 Å². The number of fused-ring (bicyclic) bond motifs is 8. The van der Waals surface area contributed by atoms with Gasteiger partial charge in [-0.05, 0) is 110 Å². The van der Waals surface area contributed by atoms with Crippen molar-refractivity contribution in [3.63, 3.8) is 0 Å². The zero-order chi connectivity index (χ0) is 41.2. The number of halogens is 1. The van der Waals surface area contributed by atoms with E-state index >= 15 is 0 Å². The highest BCUT2D eigenvalue weighted by Gasteiger charge is 2.46. The van der Waals surface area contributed by atoms with Crippen LogP contribution in [0, 0.1) is 5.82 Å². The maximum absolute atomic E-state index is 13.9. The van der Waals surface area contributed by atoms with E-state index in [2.05, 4.69) is 211 Å². The van der Waals surface area contributed by atoms with E-state index in [1.165, 1.54) is 51.1 Å². The van der Waals surface area contributed by atoms with Crippen LogP contribution < -0.4 is 4.90 Å². The van der Waals surface area contributed by atoms with Crippen LogP contribution in [0.1, 0.15) is 22.3 Å². The smallest absolute Gasteiger partial charge is 0.159 e. The van der Waals surface area contributed by atoms with Crippen LogP contribution in [0.3, 0.4) is 0 Å². The fourth-order valence-corrected chi connectivity index (χ4v) is 10.1. The first-order valence-corrected chi connectivity index (χ1v) is 21.1. The molecule has 0 radical (unpaired) electrons. The van der Waals surface area contributed by atoms with Crippen molar-refractivity contribution in [3.05, 3.63) is 259 Å². The molecule has 0 unspecified atom stereocenters. The third-order valence-electron chi connectivity index (χ3n) is 12.8. The second-order valence-corrected chi connectivity index (χ2v) is 16.1. The van der Waals surface area contributed by atoms with Gasteiger partial charge in [0.2, 0.25) is 0 Å². The van der Waals surface area contributed by atoms with Gasteiger partial charge in [0, 0.05) is 27.5 Å². The minimum atomic E-state index is -0.474. The molecule has 0 atom stereocenters. The van der Waals surface area contributed by atoms with Crippen LogP contribution >= 0.6 is 0 Å². The molecule has 11 aromatic rings. The van der Waals surface area contributed by atoms with Gasteiger partial charge in [-0.3, -0.25) is 0 Å². The van der Waals surface area contributed by atoms with Gasteiger partial charge in [0.25, 0.3) is 0 Å². The van der Waals surface area contributed by atoms with Gasteiger partial charge in [0.05, 0.1) is 11.1 Å². The first-order chi connectivity index (χ1) is 30.7. The SMILES string of the molecule is Fc1ccc(-c2ccc(N(c3ccc(-c4cccc5c4-c4ccccc4C5(c4ccccc4)c4ccccc4)cc3)c3cccc4c3oc3c5ccccc5ccc43)cc2)cc1. The molecular weight excluding hydrogens is 758 g/mol. The Kier molecular flexibility index (Phi) is 8.29. The van der Waals surface area contributed by atoms with Crippen molar-refractivity contribution in [1.82, 2.24) is 0 Å².